The monoisotopic (exact) mass is 186 g/mol. The molecule has 0 bridgehead atoms. The fourth-order valence-corrected chi connectivity index (χ4v) is 1.96. The molecule has 0 aliphatic carbocycles. The molecule has 2 N–H and O–H groups in total. The zero-order chi connectivity index (χ0) is 8.81. The second-order valence-corrected chi connectivity index (χ2v) is 3.80. The molecule has 1 amide bonds. The standard InChI is InChI=1S/C8H14N2OS/c9-3-1-2-8(11)10-4-6-12-7-5-10/h1-2H,3-7,9H2/b2-1+. The lowest BCUT2D eigenvalue weighted by molar-refractivity contribution is -0.125. The van der Waals surface area contributed by atoms with Crippen molar-refractivity contribution in [1.29, 1.82) is 0 Å². The van der Waals surface area contributed by atoms with Crippen molar-refractivity contribution in [1.82, 2.24) is 4.90 Å². The van der Waals surface area contributed by atoms with Crippen molar-refractivity contribution in [2.75, 3.05) is 31.1 Å². The van der Waals surface area contributed by atoms with Crippen LogP contribution in [0.2, 0.25) is 0 Å². The molecule has 0 aromatic carbocycles. The third-order valence-electron chi connectivity index (χ3n) is 1.72. The summed E-state index contributed by atoms with van der Waals surface area (Å²) in [6.07, 6.45) is 3.26. The maximum absolute atomic E-state index is 11.3. The van der Waals surface area contributed by atoms with Crippen LogP contribution in [-0.2, 0) is 4.79 Å². The van der Waals surface area contributed by atoms with Gasteiger partial charge in [-0.3, -0.25) is 4.79 Å². The molecular formula is C8H14N2OS. The minimum atomic E-state index is 0.0979. The summed E-state index contributed by atoms with van der Waals surface area (Å²) in [5.41, 5.74) is 5.24. The van der Waals surface area contributed by atoms with E-state index in [1.165, 1.54) is 0 Å². The molecular weight excluding hydrogens is 172 g/mol. The van der Waals surface area contributed by atoms with Crippen molar-refractivity contribution in [3.63, 3.8) is 0 Å². The van der Waals surface area contributed by atoms with Crippen LogP contribution in [0, 0.1) is 0 Å². The molecule has 0 spiro atoms. The first-order chi connectivity index (χ1) is 5.84. The van der Waals surface area contributed by atoms with Crippen molar-refractivity contribution in [3.8, 4) is 0 Å². The van der Waals surface area contributed by atoms with E-state index < -0.39 is 0 Å². The molecule has 1 saturated heterocycles. The van der Waals surface area contributed by atoms with Crippen molar-refractivity contribution in [2.24, 2.45) is 5.73 Å². The predicted octanol–water partition coefficient (Wildman–Crippen LogP) is 0.0767. The topological polar surface area (TPSA) is 46.3 Å². The highest BCUT2D eigenvalue weighted by molar-refractivity contribution is 7.99. The van der Waals surface area contributed by atoms with Crippen LogP contribution >= 0.6 is 11.8 Å². The van der Waals surface area contributed by atoms with E-state index in [9.17, 15) is 4.79 Å². The molecule has 0 saturated carbocycles. The van der Waals surface area contributed by atoms with Gasteiger partial charge in [0, 0.05) is 37.2 Å². The minimum absolute atomic E-state index is 0.0979. The lowest BCUT2D eigenvalue weighted by Crippen LogP contribution is -2.36. The average molecular weight is 186 g/mol. The highest BCUT2D eigenvalue weighted by Crippen LogP contribution is 2.09. The number of hydrogen-bond donors (Lipinski definition) is 1. The van der Waals surface area contributed by atoms with Crippen LogP contribution in [0.25, 0.3) is 0 Å². The number of rotatable bonds is 2. The first-order valence-electron chi connectivity index (χ1n) is 4.08. The second kappa shape index (κ2) is 5.22. The summed E-state index contributed by atoms with van der Waals surface area (Å²) in [5, 5.41) is 0. The molecule has 68 valence electrons. The number of amides is 1. The van der Waals surface area contributed by atoms with E-state index in [-0.39, 0.29) is 5.91 Å². The van der Waals surface area contributed by atoms with Crippen molar-refractivity contribution in [2.45, 2.75) is 0 Å². The summed E-state index contributed by atoms with van der Waals surface area (Å²) < 4.78 is 0. The second-order valence-electron chi connectivity index (χ2n) is 2.58. The Labute approximate surface area is 77.0 Å². The average Bonchev–Trinajstić information content (AvgIpc) is 2.15. The van der Waals surface area contributed by atoms with Gasteiger partial charge in [-0.25, -0.2) is 0 Å². The quantitative estimate of drug-likeness (QED) is 0.621. The van der Waals surface area contributed by atoms with Gasteiger partial charge in [-0.2, -0.15) is 11.8 Å². The summed E-state index contributed by atoms with van der Waals surface area (Å²) >= 11 is 1.90. The van der Waals surface area contributed by atoms with Crippen LogP contribution in [0.5, 0.6) is 0 Å². The molecule has 4 heteroatoms. The van der Waals surface area contributed by atoms with Crippen LogP contribution in [0.15, 0.2) is 12.2 Å². The Morgan fingerprint density at radius 2 is 2.17 bits per heavy atom. The minimum Gasteiger partial charge on any atom is -0.338 e. The molecule has 12 heavy (non-hydrogen) atoms. The Hall–Kier alpha value is -0.480. The van der Waals surface area contributed by atoms with Gasteiger partial charge in [-0.15, -0.1) is 0 Å². The largest absolute Gasteiger partial charge is 0.338 e. The van der Waals surface area contributed by atoms with Gasteiger partial charge in [-0.1, -0.05) is 6.08 Å². The number of nitrogens with zero attached hydrogens (tertiary/aromatic N) is 1. The van der Waals surface area contributed by atoms with Crippen LogP contribution in [0.3, 0.4) is 0 Å². The summed E-state index contributed by atoms with van der Waals surface area (Å²) in [7, 11) is 0. The van der Waals surface area contributed by atoms with Crippen LogP contribution in [0.4, 0.5) is 0 Å². The third kappa shape index (κ3) is 2.87. The van der Waals surface area contributed by atoms with Crippen LogP contribution < -0.4 is 5.73 Å². The van der Waals surface area contributed by atoms with Gasteiger partial charge in [0.2, 0.25) is 5.91 Å². The third-order valence-corrected chi connectivity index (χ3v) is 2.66. The van der Waals surface area contributed by atoms with E-state index in [1.807, 2.05) is 16.7 Å². The van der Waals surface area contributed by atoms with Gasteiger partial charge in [0.15, 0.2) is 0 Å². The van der Waals surface area contributed by atoms with Gasteiger partial charge in [0.05, 0.1) is 0 Å². The van der Waals surface area contributed by atoms with Gasteiger partial charge >= 0.3 is 0 Å². The lowest BCUT2D eigenvalue weighted by Gasteiger charge is -2.24. The Bertz CT molecular complexity index is 176. The summed E-state index contributed by atoms with van der Waals surface area (Å²) in [5.74, 6) is 2.21. The van der Waals surface area contributed by atoms with E-state index >= 15 is 0 Å². The first kappa shape index (κ1) is 9.61. The molecule has 0 aromatic heterocycles. The van der Waals surface area contributed by atoms with Crippen molar-refractivity contribution in [3.05, 3.63) is 12.2 Å². The fraction of sp³-hybridized carbons (Fsp3) is 0.625. The smallest absolute Gasteiger partial charge is 0.246 e. The Kier molecular flexibility index (Phi) is 4.18. The van der Waals surface area contributed by atoms with Crippen LogP contribution in [0.1, 0.15) is 0 Å². The summed E-state index contributed by atoms with van der Waals surface area (Å²) in [4.78, 5) is 13.2. The van der Waals surface area contributed by atoms with E-state index in [2.05, 4.69) is 0 Å². The molecule has 1 aliphatic heterocycles. The molecule has 1 aliphatic rings. The van der Waals surface area contributed by atoms with Crippen molar-refractivity contribution < 1.29 is 4.79 Å². The molecule has 1 heterocycles. The van der Waals surface area contributed by atoms with Gasteiger partial charge in [-0.05, 0) is 0 Å². The molecule has 0 unspecified atom stereocenters. The number of thioether (sulfide) groups is 1. The Morgan fingerprint density at radius 3 is 2.75 bits per heavy atom. The number of carbonyl (C=O) groups is 1. The van der Waals surface area contributed by atoms with Gasteiger partial charge in [0.25, 0.3) is 0 Å². The highest BCUT2D eigenvalue weighted by Gasteiger charge is 2.13. The lowest BCUT2D eigenvalue weighted by atomic mass is 10.4. The molecule has 0 radical (unpaired) electrons. The van der Waals surface area contributed by atoms with E-state index in [4.69, 9.17) is 5.73 Å². The number of hydrogen-bond acceptors (Lipinski definition) is 3. The molecule has 3 nitrogen and oxygen atoms in total. The molecule has 0 atom stereocenters. The van der Waals surface area contributed by atoms with E-state index in [1.54, 1.807) is 12.2 Å². The Balaban J connectivity index is 2.34. The van der Waals surface area contributed by atoms with Crippen LogP contribution in [-0.4, -0.2) is 41.9 Å². The van der Waals surface area contributed by atoms with Crippen molar-refractivity contribution >= 4 is 17.7 Å². The van der Waals surface area contributed by atoms with E-state index in [0.717, 1.165) is 24.6 Å². The first-order valence-corrected chi connectivity index (χ1v) is 5.23. The zero-order valence-corrected chi connectivity index (χ0v) is 7.85. The summed E-state index contributed by atoms with van der Waals surface area (Å²) in [6.45, 7) is 2.19. The molecule has 0 aromatic rings. The van der Waals surface area contributed by atoms with Gasteiger partial charge in [0.1, 0.15) is 0 Å². The van der Waals surface area contributed by atoms with Gasteiger partial charge < -0.3 is 10.6 Å². The highest BCUT2D eigenvalue weighted by atomic mass is 32.2. The molecule has 1 rings (SSSR count). The Morgan fingerprint density at radius 1 is 1.50 bits per heavy atom. The predicted molar refractivity (Wildman–Crippen MR) is 52.1 cm³/mol. The maximum Gasteiger partial charge on any atom is 0.246 e. The number of nitrogens with two attached hydrogens (primary N) is 1. The normalized spacial score (nSPS) is 18.6. The summed E-state index contributed by atoms with van der Waals surface area (Å²) in [6, 6.07) is 0. The van der Waals surface area contributed by atoms with E-state index in [0.29, 0.717) is 6.54 Å². The fourth-order valence-electron chi connectivity index (χ4n) is 1.06. The molecule has 1 fully saturated rings. The zero-order valence-electron chi connectivity index (χ0n) is 7.03. The SMILES string of the molecule is NC/C=C/C(=O)N1CCSCC1. The maximum atomic E-state index is 11.3. The number of carbonyl (C=O) groups excluding carboxylic acids is 1.